The smallest absolute Gasteiger partial charge is 0.136 e. The third-order valence-corrected chi connectivity index (χ3v) is 6.33. The predicted molar refractivity (Wildman–Crippen MR) is 121 cm³/mol. The van der Waals surface area contributed by atoms with Gasteiger partial charge in [-0.25, -0.2) is 0 Å². The van der Waals surface area contributed by atoms with Gasteiger partial charge in [0.2, 0.25) is 0 Å². The minimum Gasteiger partial charge on any atom is -0.355 e. The van der Waals surface area contributed by atoms with Crippen LogP contribution >= 0.6 is 36.4 Å². The topological polar surface area (TPSA) is 39.1 Å². The van der Waals surface area contributed by atoms with Crippen LogP contribution in [0.15, 0.2) is 60.7 Å². The molecule has 0 aromatic heterocycles. The van der Waals surface area contributed by atoms with Crippen LogP contribution in [-0.2, 0) is 5.41 Å². The van der Waals surface area contributed by atoms with Gasteiger partial charge in [-0.1, -0.05) is 84.6 Å². The summed E-state index contributed by atoms with van der Waals surface area (Å²) in [5, 5.41) is 13.5. The Morgan fingerprint density at radius 1 is 1.04 bits per heavy atom. The van der Waals surface area contributed by atoms with Gasteiger partial charge in [0.05, 0.1) is 6.07 Å². The standard InChI is InChI=1S/C21H23N3S2.ClH/c22-17-21(18-7-3-1-4-8-18,19-9-5-2-6-10-19)11-16-26-20(25)24-14-12-23-13-15-24;/h1-10,23H,11-16H2;1H. The van der Waals surface area contributed by atoms with E-state index in [1.54, 1.807) is 11.8 Å². The summed E-state index contributed by atoms with van der Waals surface area (Å²) in [5.41, 5.74) is 1.44. The van der Waals surface area contributed by atoms with Crippen molar-refractivity contribution in [1.29, 1.82) is 5.26 Å². The Kier molecular flexibility index (Phi) is 8.59. The molecule has 27 heavy (non-hydrogen) atoms. The first-order valence-electron chi connectivity index (χ1n) is 8.91. The summed E-state index contributed by atoms with van der Waals surface area (Å²) in [7, 11) is 0. The highest BCUT2D eigenvalue weighted by atomic mass is 35.5. The fraction of sp³-hybridized carbons (Fsp3) is 0.333. The van der Waals surface area contributed by atoms with Gasteiger partial charge in [0, 0.05) is 31.9 Å². The molecule has 0 aliphatic carbocycles. The lowest BCUT2D eigenvalue weighted by Crippen LogP contribution is -2.45. The lowest BCUT2D eigenvalue weighted by Gasteiger charge is -2.31. The number of rotatable bonds is 5. The molecule has 1 N–H and O–H groups in total. The first kappa shape index (κ1) is 21.7. The van der Waals surface area contributed by atoms with Crippen LogP contribution in [0.3, 0.4) is 0 Å². The number of nitrogens with one attached hydrogen (secondary N) is 1. The molecular weight excluding hydrogens is 394 g/mol. The number of halogens is 1. The molecule has 1 heterocycles. The van der Waals surface area contributed by atoms with E-state index in [1.165, 1.54) is 0 Å². The van der Waals surface area contributed by atoms with Gasteiger partial charge >= 0.3 is 0 Å². The maximum Gasteiger partial charge on any atom is 0.136 e. The van der Waals surface area contributed by atoms with Crippen LogP contribution < -0.4 is 5.32 Å². The molecule has 0 bridgehead atoms. The average Bonchev–Trinajstić information content (AvgIpc) is 2.73. The van der Waals surface area contributed by atoms with Crippen LogP contribution in [0.25, 0.3) is 0 Å². The van der Waals surface area contributed by atoms with E-state index in [9.17, 15) is 5.26 Å². The zero-order valence-electron chi connectivity index (χ0n) is 15.1. The van der Waals surface area contributed by atoms with E-state index in [0.717, 1.165) is 53.8 Å². The first-order valence-corrected chi connectivity index (χ1v) is 10.3. The van der Waals surface area contributed by atoms with Crippen molar-refractivity contribution in [2.45, 2.75) is 11.8 Å². The molecule has 2 aromatic carbocycles. The zero-order valence-corrected chi connectivity index (χ0v) is 17.6. The molecule has 142 valence electrons. The van der Waals surface area contributed by atoms with Crippen LogP contribution in [0.4, 0.5) is 0 Å². The molecule has 2 aromatic rings. The monoisotopic (exact) mass is 417 g/mol. The molecule has 0 amide bonds. The summed E-state index contributed by atoms with van der Waals surface area (Å²) < 4.78 is 0.944. The lowest BCUT2D eigenvalue weighted by atomic mass is 9.74. The van der Waals surface area contributed by atoms with Gasteiger partial charge in [-0.2, -0.15) is 5.26 Å². The minimum atomic E-state index is -0.644. The normalized spacial score (nSPS) is 14.1. The van der Waals surface area contributed by atoms with Crippen molar-refractivity contribution in [2.75, 3.05) is 31.9 Å². The van der Waals surface area contributed by atoms with Crippen LogP contribution in [-0.4, -0.2) is 41.2 Å². The van der Waals surface area contributed by atoms with Crippen molar-refractivity contribution in [2.24, 2.45) is 0 Å². The van der Waals surface area contributed by atoms with Crippen molar-refractivity contribution in [3.05, 3.63) is 71.8 Å². The number of nitriles is 1. The van der Waals surface area contributed by atoms with Gasteiger partial charge < -0.3 is 10.2 Å². The molecular formula is C21H24ClN3S2. The molecule has 6 heteroatoms. The Hall–Kier alpha value is -1.58. The molecule has 0 atom stereocenters. The molecule has 3 rings (SSSR count). The summed E-state index contributed by atoms with van der Waals surface area (Å²) in [6, 6.07) is 22.8. The van der Waals surface area contributed by atoms with E-state index in [4.69, 9.17) is 12.2 Å². The summed E-state index contributed by atoms with van der Waals surface area (Å²) in [5.74, 6) is 0.820. The number of benzene rings is 2. The van der Waals surface area contributed by atoms with Crippen molar-refractivity contribution in [1.82, 2.24) is 10.2 Å². The number of hydrogen-bond donors (Lipinski definition) is 1. The Morgan fingerprint density at radius 2 is 1.56 bits per heavy atom. The quantitative estimate of drug-likeness (QED) is 0.737. The van der Waals surface area contributed by atoms with Gasteiger partial charge in [0.15, 0.2) is 0 Å². The highest BCUT2D eigenvalue weighted by Crippen LogP contribution is 2.36. The second kappa shape index (κ2) is 10.7. The second-order valence-electron chi connectivity index (χ2n) is 6.35. The number of thiocarbonyl (C=S) groups is 1. The van der Waals surface area contributed by atoms with Gasteiger partial charge in [0.1, 0.15) is 9.74 Å². The lowest BCUT2D eigenvalue weighted by molar-refractivity contribution is 0.368. The summed E-state index contributed by atoms with van der Waals surface area (Å²) in [4.78, 5) is 2.26. The first-order chi connectivity index (χ1) is 12.8. The summed E-state index contributed by atoms with van der Waals surface area (Å²) in [6.07, 6.45) is 0.731. The van der Waals surface area contributed by atoms with Crippen molar-refractivity contribution < 1.29 is 0 Å². The number of thioether (sulfide) groups is 1. The van der Waals surface area contributed by atoms with Crippen LogP contribution in [0, 0.1) is 11.3 Å². The highest BCUT2D eigenvalue weighted by molar-refractivity contribution is 8.22. The Morgan fingerprint density at radius 3 is 2.04 bits per heavy atom. The van der Waals surface area contributed by atoms with E-state index in [2.05, 4.69) is 40.6 Å². The van der Waals surface area contributed by atoms with E-state index in [1.807, 2.05) is 36.4 Å². The Balaban J connectivity index is 0.00000261. The fourth-order valence-electron chi connectivity index (χ4n) is 3.32. The van der Waals surface area contributed by atoms with Crippen LogP contribution in [0.1, 0.15) is 17.5 Å². The molecule has 0 unspecified atom stereocenters. The fourth-order valence-corrected chi connectivity index (χ4v) is 4.70. The maximum absolute atomic E-state index is 10.2. The maximum atomic E-state index is 10.2. The van der Waals surface area contributed by atoms with E-state index >= 15 is 0 Å². The minimum absolute atomic E-state index is 0. The molecule has 1 saturated heterocycles. The molecule has 1 fully saturated rings. The molecule has 0 radical (unpaired) electrons. The van der Waals surface area contributed by atoms with Gasteiger partial charge in [-0.3, -0.25) is 0 Å². The SMILES string of the molecule is Cl.N#CC(CCSC(=S)N1CCNCC1)(c1ccccc1)c1ccccc1. The van der Waals surface area contributed by atoms with Crippen molar-refractivity contribution in [3.63, 3.8) is 0 Å². The highest BCUT2D eigenvalue weighted by Gasteiger charge is 2.34. The average molecular weight is 418 g/mol. The summed E-state index contributed by atoms with van der Waals surface area (Å²) in [6.45, 7) is 3.90. The van der Waals surface area contributed by atoms with Gasteiger partial charge in [-0.15, -0.1) is 12.4 Å². The Bertz CT molecular complexity index is 717. The molecule has 0 saturated carbocycles. The predicted octanol–water partition coefficient (Wildman–Crippen LogP) is 4.23. The second-order valence-corrected chi connectivity index (χ2v) is 8.08. The summed E-state index contributed by atoms with van der Waals surface area (Å²) >= 11 is 7.30. The molecule has 0 spiro atoms. The van der Waals surface area contributed by atoms with E-state index in [-0.39, 0.29) is 12.4 Å². The largest absolute Gasteiger partial charge is 0.355 e. The Labute approximate surface area is 177 Å². The van der Waals surface area contributed by atoms with Gasteiger partial charge in [0.25, 0.3) is 0 Å². The van der Waals surface area contributed by atoms with Crippen LogP contribution in [0.2, 0.25) is 0 Å². The number of piperazine rings is 1. The molecule has 1 aliphatic rings. The third-order valence-electron chi connectivity index (χ3n) is 4.80. The van der Waals surface area contributed by atoms with E-state index in [0.29, 0.717) is 0 Å². The number of hydrogen-bond acceptors (Lipinski definition) is 4. The third kappa shape index (κ3) is 5.24. The van der Waals surface area contributed by atoms with Crippen molar-refractivity contribution >= 4 is 40.7 Å². The van der Waals surface area contributed by atoms with Gasteiger partial charge in [-0.05, 0) is 17.5 Å². The van der Waals surface area contributed by atoms with Crippen LogP contribution in [0.5, 0.6) is 0 Å². The van der Waals surface area contributed by atoms with E-state index < -0.39 is 5.41 Å². The zero-order chi connectivity index (χ0) is 18.2. The molecule has 1 aliphatic heterocycles. The molecule has 3 nitrogen and oxygen atoms in total. The number of nitrogens with zero attached hydrogens (tertiary/aromatic N) is 2. The van der Waals surface area contributed by atoms with Crippen molar-refractivity contribution in [3.8, 4) is 6.07 Å².